The number of hydrogen-bond donors (Lipinski definition) is 2. The molecule has 0 aliphatic carbocycles. The summed E-state index contributed by atoms with van der Waals surface area (Å²) in [6, 6.07) is 4.67. The first kappa shape index (κ1) is 17.5. The van der Waals surface area contributed by atoms with Crippen LogP contribution < -0.4 is 15.5 Å². The second-order valence-electron chi connectivity index (χ2n) is 6.79. The van der Waals surface area contributed by atoms with Crippen molar-refractivity contribution in [3.63, 3.8) is 0 Å². The van der Waals surface area contributed by atoms with E-state index in [0.717, 1.165) is 37.1 Å². The van der Waals surface area contributed by atoms with Crippen molar-refractivity contribution in [2.24, 2.45) is 0 Å². The molecule has 3 rings (SSSR count). The third-order valence-electron chi connectivity index (χ3n) is 4.79. The Labute approximate surface area is 147 Å². The van der Waals surface area contributed by atoms with Gasteiger partial charge in [-0.1, -0.05) is 0 Å². The van der Waals surface area contributed by atoms with E-state index in [9.17, 15) is 14.0 Å². The van der Waals surface area contributed by atoms with Crippen LogP contribution in [0.25, 0.3) is 0 Å². The number of halogens is 1. The second kappa shape index (κ2) is 7.72. The molecule has 136 valence electrons. The van der Waals surface area contributed by atoms with E-state index in [2.05, 4.69) is 15.5 Å². The number of hydrogen-bond acceptors (Lipinski definition) is 3. The topological polar surface area (TPSA) is 64.7 Å². The molecule has 0 spiro atoms. The predicted octanol–water partition coefficient (Wildman–Crippen LogP) is 1.63. The molecule has 2 heterocycles. The Morgan fingerprint density at radius 1 is 1.36 bits per heavy atom. The van der Waals surface area contributed by atoms with Gasteiger partial charge in [-0.2, -0.15) is 0 Å². The van der Waals surface area contributed by atoms with Crippen molar-refractivity contribution < 1.29 is 14.0 Å². The molecule has 1 atom stereocenters. The molecule has 0 unspecified atom stereocenters. The molecule has 2 saturated heterocycles. The summed E-state index contributed by atoms with van der Waals surface area (Å²) in [6.45, 7) is 4.88. The summed E-state index contributed by atoms with van der Waals surface area (Å²) >= 11 is 0. The molecule has 2 N–H and O–H groups in total. The first-order valence-electron chi connectivity index (χ1n) is 8.86. The minimum Gasteiger partial charge on any atom is -0.369 e. The van der Waals surface area contributed by atoms with Gasteiger partial charge < -0.3 is 20.4 Å². The van der Waals surface area contributed by atoms with E-state index < -0.39 is 0 Å². The summed E-state index contributed by atoms with van der Waals surface area (Å²) in [5, 5.41) is 5.79. The first-order valence-corrected chi connectivity index (χ1v) is 8.86. The van der Waals surface area contributed by atoms with Crippen LogP contribution in [0, 0.1) is 12.7 Å². The summed E-state index contributed by atoms with van der Waals surface area (Å²) in [7, 11) is 0. The molecule has 1 aromatic rings. The van der Waals surface area contributed by atoms with Crippen molar-refractivity contribution in [1.29, 1.82) is 0 Å². The van der Waals surface area contributed by atoms with Crippen LogP contribution in [-0.2, 0) is 4.79 Å². The summed E-state index contributed by atoms with van der Waals surface area (Å²) < 4.78 is 13.3. The highest BCUT2D eigenvalue weighted by Crippen LogP contribution is 2.24. The van der Waals surface area contributed by atoms with Crippen LogP contribution in [0.1, 0.15) is 24.8 Å². The maximum absolute atomic E-state index is 13.3. The van der Waals surface area contributed by atoms with Crippen LogP contribution >= 0.6 is 0 Å². The number of aryl methyl sites for hydroxylation is 1. The zero-order valence-electron chi connectivity index (χ0n) is 14.6. The van der Waals surface area contributed by atoms with E-state index in [1.54, 1.807) is 11.0 Å². The predicted molar refractivity (Wildman–Crippen MR) is 94.1 cm³/mol. The van der Waals surface area contributed by atoms with Gasteiger partial charge in [0.15, 0.2) is 0 Å². The molecular formula is C18H25FN4O2. The number of nitrogens with zero attached hydrogens (tertiary/aromatic N) is 2. The van der Waals surface area contributed by atoms with Gasteiger partial charge in [-0.15, -0.1) is 0 Å². The molecule has 0 aromatic heterocycles. The lowest BCUT2D eigenvalue weighted by molar-refractivity contribution is -0.122. The van der Waals surface area contributed by atoms with Gasteiger partial charge in [0.25, 0.3) is 0 Å². The van der Waals surface area contributed by atoms with E-state index >= 15 is 0 Å². The van der Waals surface area contributed by atoms with E-state index in [1.807, 2.05) is 6.92 Å². The monoisotopic (exact) mass is 348 g/mol. The summed E-state index contributed by atoms with van der Waals surface area (Å²) in [5.74, 6) is -0.359. The Morgan fingerprint density at radius 2 is 2.20 bits per heavy atom. The van der Waals surface area contributed by atoms with E-state index in [4.69, 9.17) is 0 Å². The maximum Gasteiger partial charge on any atom is 0.317 e. The number of rotatable bonds is 4. The maximum atomic E-state index is 13.3. The fraction of sp³-hybridized carbons (Fsp3) is 0.556. The van der Waals surface area contributed by atoms with Crippen LogP contribution in [0.4, 0.5) is 14.9 Å². The summed E-state index contributed by atoms with van der Waals surface area (Å²) in [5.41, 5.74) is 1.91. The molecule has 2 aliphatic rings. The number of anilines is 1. The summed E-state index contributed by atoms with van der Waals surface area (Å²) in [6.07, 6.45) is 2.74. The van der Waals surface area contributed by atoms with Gasteiger partial charge in [-0.05, 0) is 49.9 Å². The molecule has 0 bridgehead atoms. The largest absolute Gasteiger partial charge is 0.369 e. The number of urea groups is 1. The van der Waals surface area contributed by atoms with Gasteiger partial charge in [-0.25, -0.2) is 9.18 Å². The van der Waals surface area contributed by atoms with E-state index in [0.29, 0.717) is 19.6 Å². The normalized spacial score (nSPS) is 21.0. The zero-order chi connectivity index (χ0) is 17.8. The van der Waals surface area contributed by atoms with Gasteiger partial charge in [0.1, 0.15) is 12.4 Å². The highest BCUT2D eigenvalue weighted by molar-refractivity contribution is 5.84. The minimum absolute atomic E-state index is 0.0403. The lowest BCUT2D eigenvalue weighted by Crippen LogP contribution is -2.53. The second-order valence-corrected chi connectivity index (χ2v) is 6.79. The first-order chi connectivity index (χ1) is 12.0. The van der Waals surface area contributed by atoms with Gasteiger partial charge in [0, 0.05) is 37.9 Å². The standard InChI is InChI=1S/C18H25FN4O2/c1-13-10-14(19)5-6-16(13)22-8-2-4-15(11-22)21-17(24)12-23-9-3-7-20-18(23)25/h5-6,10,15H,2-4,7-9,11-12H2,1H3,(H,20,25)(H,21,24)/t15-/m0/s1. The SMILES string of the molecule is Cc1cc(F)ccc1N1CCC[C@H](NC(=O)CN2CCCNC2=O)C1. The number of benzene rings is 1. The fourth-order valence-corrected chi connectivity index (χ4v) is 3.56. The molecule has 7 heteroatoms. The number of nitrogens with one attached hydrogen (secondary N) is 2. The highest BCUT2D eigenvalue weighted by atomic mass is 19.1. The molecular weight excluding hydrogens is 323 g/mol. The molecule has 0 radical (unpaired) electrons. The Morgan fingerprint density at radius 3 is 2.96 bits per heavy atom. The fourth-order valence-electron chi connectivity index (χ4n) is 3.56. The zero-order valence-corrected chi connectivity index (χ0v) is 14.6. The van der Waals surface area contributed by atoms with Gasteiger partial charge in [-0.3, -0.25) is 4.79 Å². The van der Waals surface area contributed by atoms with Crippen LogP contribution in [0.15, 0.2) is 18.2 Å². The smallest absolute Gasteiger partial charge is 0.317 e. The minimum atomic E-state index is -0.233. The molecule has 1 aromatic carbocycles. The number of carbonyl (C=O) groups is 2. The van der Waals surface area contributed by atoms with Gasteiger partial charge in [0.2, 0.25) is 5.91 Å². The lowest BCUT2D eigenvalue weighted by atomic mass is 10.0. The number of piperidine rings is 1. The lowest BCUT2D eigenvalue weighted by Gasteiger charge is -2.36. The highest BCUT2D eigenvalue weighted by Gasteiger charge is 2.25. The average molecular weight is 348 g/mol. The van der Waals surface area contributed by atoms with Crippen molar-refractivity contribution in [2.45, 2.75) is 32.2 Å². The number of amides is 3. The van der Waals surface area contributed by atoms with Crippen molar-refractivity contribution in [3.8, 4) is 0 Å². The van der Waals surface area contributed by atoms with E-state index in [-0.39, 0.29) is 30.3 Å². The molecule has 2 fully saturated rings. The quantitative estimate of drug-likeness (QED) is 0.869. The molecule has 2 aliphatic heterocycles. The molecule has 25 heavy (non-hydrogen) atoms. The molecule has 6 nitrogen and oxygen atoms in total. The van der Waals surface area contributed by atoms with Crippen LogP contribution in [0.2, 0.25) is 0 Å². The Kier molecular flexibility index (Phi) is 5.40. The van der Waals surface area contributed by atoms with Gasteiger partial charge in [0.05, 0.1) is 0 Å². The average Bonchev–Trinajstić information content (AvgIpc) is 2.57. The Hall–Kier alpha value is -2.31. The van der Waals surface area contributed by atoms with Crippen molar-refractivity contribution in [3.05, 3.63) is 29.6 Å². The molecule has 3 amide bonds. The van der Waals surface area contributed by atoms with E-state index in [1.165, 1.54) is 12.1 Å². The molecule has 0 saturated carbocycles. The Balaban J connectivity index is 1.56. The third-order valence-corrected chi connectivity index (χ3v) is 4.79. The van der Waals surface area contributed by atoms with Gasteiger partial charge >= 0.3 is 6.03 Å². The summed E-state index contributed by atoms with van der Waals surface area (Å²) in [4.78, 5) is 27.7. The van der Waals surface area contributed by atoms with Crippen LogP contribution in [0.5, 0.6) is 0 Å². The third kappa shape index (κ3) is 4.41. The Bertz CT molecular complexity index is 652. The van der Waals surface area contributed by atoms with Crippen molar-refractivity contribution in [1.82, 2.24) is 15.5 Å². The van der Waals surface area contributed by atoms with Crippen LogP contribution in [0.3, 0.4) is 0 Å². The van der Waals surface area contributed by atoms with Crippen molar-refractivity contribution in [2.75, 3.05) is 37.6 Å². The number of carbonyl (C=O) groups excluding carboxylic acids is 2. The van der Waals surface area contributed by atoms with Crippen LogP contribution in [-0.4, -0.2) is 55.6 Å². The van der Waals surface area contributed by atoms with Crippen molar-refractivity contribution >= 4 is 17.6 Å².